The van der Waals surface area contributed by atoms with E-state index in [0.717, 1.165) is 24.4 Å². The molecule has 1 saturated heterocycles. The molecule has 4 nitrogen and oxygen atoms in total. The molecule has 154 valence electrons. The molecule has 2 unspecified atom stereocenters. The smallest absolute Gasteiger partial charge is 0.223 e. The Hall–Kier alpha value is -1.56. The van der Waals surface area contributed by atoms with Crippen LogP contribution >= 0.6 is 23.7 Å². The van der Waals surface area contributed by atoms with Crippen LogP contribution in [0.15, 0.2) is 41.8 Å². The van der Waals surface area contributed by atoms with Gasteiger partial charge in [-0.15, -0.1) is 23.7 Å². The van der Waals surface area contributed by atoms with Gasteiger partial charge in [0.2, 0.25) is 5.91 Å². The minimum atomic E-state index is 0. The summed E-state index contributed by atoms with van der Waals surface area (Å²) in [6, 6.07) is 12.1. The second-order valence-corrected chi connectivity index (χ2v) is 8.46. The van der Waals surface area contributed by atoms with E-state index < -0.39 is 0 Å². The molecule has 28 heavy (non-hydrogen) atoms. The van der Waals surface area contributed by atoms with Gasteiger partial charge in [0.15, 0.2) is 0 Å². The number of para-hydroxylation sites is 1. The zero-order valence-corrected chi connectivity index (χ0v) is 18.4. The highest BCUT2D eigenvalue weighted by molar-refractivity contribution is 7.09. The van der Waals surface area contributed by atoms with Crippen molar-refractivity contribution < 1.29 is 9.53 Å². The molecule has 1 N–H and O–H groups in total. The second kappa shape index (κ2) is 11.4. The van der Waals surface area contributed by atoms with Gasteiger partial charge < -0.3 is 15.0 Å². The van der Waals surface area contributed by atoms with Crippen molar-refractivity contribution in [3.8, 4) is 5.75 Å². The monoisotopic (exact) mass is 422 g/mol. The van der Waals surface area contributed by atoms with Crippen LogP contribution in [0.5, 0.6) is 5.75 Å². The molecule has 1 aromatic carbocycles. The van der Waals surface area contributed by atoms with Crippen molar-refractivity contribution in [3.63, 3.8) is 0 Å². The summed E-state index contributed by atoms with van der Waals surface area (Å²) >= 11 is 1.70. The molecule has 1 aliphatic rings. The summed E-state index contributed by atoms with van der Waals surface area (Å²) < 4.78 is 5.49. The summed E-state index contributed by atoms with van der Waals surface area (Å²) in [5.74, 6) is 2.06. The lowest BCUT2D eigenvalue weighted by Crippen LogP contribution is -2.36. The molecule has 2 aromatic rings. The minimum absolute atomic E-state index is 0. The number of nitrogens with one attached hydrogen (secondary N) is 1. The first-order chi connectivity index (χ1) is 13.2. The molecule has 1 amide bonds. The molecule has 2 atom stereocenters. The van der Waals surface area contributed by atoms with Gasteiger partial charge in [-0.3, -0.25) is 4.79 Å². The maximum absolute atomic E-state index is 13.2. The minimum Gasteiger partial charge on any atom is -0.496 e. The molecule has 0 saturated carbocycles. The quantitative estimate of drug-likeness (QED) is 0.668. The lowest BCUT2D eigenvalue weighted by molar-refractivity contribution is -0.133. The van der Waals surface area contributed by atoms with E-state index in [4.69, 9.17) is 4.74 Å². The van der Waals surface area contributed by atoms with Gasteiger partial charge in [-0.25, -0.2) is 0 Å². The van der Waals surface area contributed by atoms with Gasteiger partial charge >= 0.3 is 0 Å². The van der Waals surface area contributed by atoms with E-state index in [0.29, 0.717) is 31.3 Å². The number of thiophene rings is 1. The third-order valence-corrected chi connectivity index (χ3v) is 6.33. The normalized spacial score (nSPS) is 17.4. The average molecular weight is 423 g/mol. The number of benzene rings is 1. The highest BCUT2D eigenvalue weighted by Crippen LogP contribution is 2.26. The van der Waals surface area contributed by atoms with Crippen LogP contribution in [-0.2, 0) is 17.9 Å². The fourth-order valence-corrected chi connectivity index (χ4v) is 4.52. The molecule has 3 rings (SSSR count). The summed E-state index contributed by atoms with van der Waals surface area (Å²) in [6.45, 7) is 5.60. The Bertz CT molecular complexity index is 717. The van der Waals surface area contributed by atoms with Crippen molar-refractivity contribution in [3.05, 3.63) is 52.2 Å². The van der Waals surface area contributed by atoms with Gasteiger partial charge in [-0.2, -0.15) is 0 Å². The van der Waals surface area contributed by atoms with Crippen molar-refractivity contribution >= 4 is 29.7 Å². The van der Waals surface area contributed by atoms with Gasteiger partial charge in [-0.1, -0.05) is 31.2 Å². The molecule has 6 heteroatoms. The number of halogens is 1. The van der Waals surface area contributed by atoms with Gasteiger partial charge in [0, 0.05) is 23.4 Å². The lowest BCUT2D eigenvalue weighted by Gasteiger charge is -2.30. The number of rotatable bonds is 8. The van der Waals surface area contributed by atoms with Gasteiger partial charge in [0.1, 0.15) is 5.75 Å². The number of carbonyl (C=O) groups is 1. The zero-order valence-electron chi connectivity index (χ0n) is 16.7. The summed E-state index contributed by atoms with van der Waals surface area (Å²) in [6.07, 6.45) is 3.04. The molecule has 0 spiro atoms. The first-order valence-corrected chi connectivity index (χ1v) is 10.7. The summed E-state index contributed by atoms with van der Waals surface area (Å²) in [7, 11) is 1.68. The van der Waals surface area contributed by atoms with E-state index in [1.54, 1.807) is 18.4 Å². The fourth-order valence-electron chi connectivity index (χ4n) is 3.80. The third-order valence-electron chi connectivity index (χ3n) is 5.47. The van der Waals surface area contributed by atoms with E-state index in [-0.39, 0.29) is 18.3 Å². The number of ether oxygens (including phenoxy) is 1. The van der Waals surface area contributed by atoms with Gasteiger partial charge in [0.05, 0.1) is 13.7 Å². The predicted molar refractivity (Wildman–Crippen MR) is 118 cm³/mol. The number of amides is 1. The second-order valence-electron chi connectivity index (χ2n) is 7.43. The molecule has 0 aliphatic carbocycles. The molecule has 0 bridgehead atoms. The molecule has 1 aliphatic heterocycles. The SMILES string of the molecule is COc1ccccc1CN(Cc1cccs1)C(=O)CC(C)C1CCCNC1.Cl. The Labute approximate surface area is 178 Å². The highest BCUT2D eigenvalue weighted by atomic mass is 35.5. The maximum atomic E-state index is 13.2. The van der Waals surface area contributed by atoms with Gasteiger partial charge in [0.25, 0.3) is 0 Å². The first-order valence-electron chi connectivity index (χ1n) is 9.80. The van der Waals surface area contributed by atoms with Crippen LogP contribution in [0.4, 0.5) is 0 Å². The van der Waals surface area contributed by atoms with Crippen LogP contribution in [0.3, 0.4) is 0 Å². The van der Waals surface area contributed by atoms with Crippen molar-refractivity contribution in [1.29, 1.82) is 0 Å². The summed E-state index contributed by atoms with van der Waals surface area (Å²) in [5, 5.41) is 5.54. The van der Waals surface area contributed by atoms with Crippen molar-refractivity contribution in [2.24, 2.45) is 11.8 Å². The summed E-state index contributed by atoms with van der Waals surface area (Å²) in [5.41, 5.74) is 1.05. The van der Waals surface area contributed by atoms with Crippen LogP contribution in [0.2, 0.25) is 0 Å². The van der Waals surface area contributed by atoms with Crippen LogP contribution in [-0.4, -0.2) is 31.0 Å². The number of hydrogen-bond acceptors (Lipinski definition) is 4. The molecule has 0 radical (unpaired) electrons. The molecular weight excluding hydrogens is 392 g/mol. The number of methoxy groups -OCH3 is 1. The molecule has 1 fully saturated rings. The Morgan fingerprint density at radius 3 is 2.79 bits per heavy atom. The fraction of sp³-hybridized carbons (Fsp3) is 0.500. The van der Waals surface area contributed by atoms with E-state index in [9.17, 15) is 4.79 Å². The van der Waals surface area contributed by atoms with E-state index in [1.165, 1.54) is 17.7 Å². The summed E-state index contributed by atoms with van der Waals surface area (Å²) in [4.78, 5) is 16.4. The van der Waals surface area contributed by atoms with Crippen LogP contribution < -0.4 is 10.1 Å². The average Bonchev–Trinajstić information content (AvgIpc) is 3.21. The van der Waals surface area contributed by atoms with Crippen molar-refractivity contribution in [2.45, 2.75) is 39.3 Å². The molecule has 2 heterocycles. The Balaban J connectivity index is 0.00000280. The largest absolute Gasteiger partial charge is 0.496 e. The topological polar surface area (TPSA) is 41.6 Å². The Morgan fingerprint density at radius 1 is 1.29 bits per heavy atom. The van der Waals surface area contributed by atoms with Crippen LogP contribution in [0, 0.1) is 11.8 Å². The highest BCUT2D eigenvalue weighted by Gasteiger charge is 2.25. The molecule has 1 aromatic heterocycles. The van der Waals surface area contributed by atoms with Crippen molar-refractivity contribution in [2.75, 3.05) is 20.2 Å². The number of hydrogen-bond donors (Lipinski definition) is 1. The first kappa shape index (κ1) is 22.7. The third kappa shape index (κ3) is 6.23. The molecular formula is C22H31ClN2O2S. The van der Waals surface area contributed by atoms with E-state index in [1.807, 2.05) is 35.2 Å². The Kier molecular flexibility index (Phi) is 9.29. The van der Waals surface area contributed by atoms with Crippen molar-refractivity contribution in [1.82, 2.24) is 10.2 Å². The zero-order chi connectivity index (χ0) is 19.1. The van der Waals surface area contributed by atoms with Gasteiger partial charge in [-0.05, 0) is 55.3 Å². The predicted octanol–water partition coefficient (Wildman–Crippen LogP) is 4.73. The van der Waals surface area contributed by atoms with E-state index >= 15 is 0 Å². The van der Waals surface area contributed by atoms with Crippen LogP contribution in [0.1, 0.15) is 36.6 Å². The van der Waals surface area contributed by atoms with Crippen LogP contribution in [0.25, 0.3) is 0 Å². The maximum Gasteiger partial charge on any atom is 0.223 e. The number of carbonyl (C=O) groups excluding carboxylic acids is 1. The Morgan fingerprint density at radius 2 is 2.11 bits per heavy atom. The standard InChI is InChI=1S/C22H30N2O2S.ClH/c1-17(18-8-5-11-23-14-18)13-22(25)24(16-20-9-6-12-27-20)15-19-7-3-4-10-21(19)26-2;/h3-4,6-7,9-10,12,17-18,23H,5,8,11,13-16H2,1-2H3;1H. The lowest BCUT2D eigenvalue weighted by atomic mass is 9.85. The number of nitrogens with zero attached hydrogens (tertiary/aromatic N) is 1. The van der Waals surface area contributed by atoms with E-state index in [2.05, 4.69) is 23.7 Å². The number of piperidine rings is 1.